The molecular weight excluding hydrogens is 242 g/mol. The van der Waals surface area contributed by atoms with E-state index < -0.39 is 0 Å². The first-order valence-electron chi connectivity index (χ1n) is 7.71. The van der Waals surface area contributed by atoms with Crippen LogP contribution in [0.3, 0.4) is 0 Å². The minimum absolute atomic E-state index is 0.0987. The van der Waals surface area contributed by atoms with Crippen LogP contribution in [0.4, 0.5) is 4.79 Å². The van der Waals surface area contributed by atoms with Gasteiger partial charge in [-0.3, -0.25) is 0 Å². The molecule has 0 aromatic rings. The summed E-state index contributed by atoms with van der Waals surface area (Å²) in [6, 6.07) is 0.0987. The highest BCUT2D eigenvalue weighted by atomic mass is 16.5. The molecule has 2 rings (SSSR count). The third kappa shape index (κ3) is 5.37. The van der Waals surface area contributed by atoms with E-state index in [-0.39, 0.29) is 6.03 Å². The Morgan fingerprint density at radius 3 is 2.68 bits per heavy atom. The van der Waals surface area contributed by atoms with Gasteiger partial charge in [0, 0.05) is 26.2 Å². The Bertz CT molecular complexity index is 261. The molecule has 0 bridgehead atoms. The van der Waals surface area contributed by atoms with Crippen LogP contribution in [0.25, 0.3) is 0 Å². The number of piperidine rings is 2. The van der Waals surface area contributed by atoms with E-state index in [4.69, 9.17) is 4.74 Å². The van der Waals surface area contributed by atoms with Crippen LogP contribution in [0.1, 0.15) is 38.5 Å². The van der Waals surface area contributed by atoms with Crippen LogP contribution < -0.4 is 10.6 Å². The van der Waals surface area contributed by atoms with Gasteiger partial charge in [-0.05, 0) is 51.6 Å². The molecular formula is C14H27N3O2. The van der Waals surface area contributed by atoms with E-state index in [1.165, 1.54) is 6.42 Å². The number of nitrogens with zero attached hydrogens (tertiary/aromatic N) is 1. The van der Waals surface area contributed by atoms with E-state index in [0.717, 1.165) is 71.4 Å². The molecule has 2 saturated heterocycles. The lowest BCUT2D eigenvalue weighted by molar-refractivity contribution is 0.0319. The molecule has 2 aliphatic heterocycles. The van der Waals surface area contributed by atoms with Gasteiger partial charge in [0.15, 0.2) is 0 Å². The average molecular weight is 269 g/mol. The van der Waals surface area contributed by atoms with Crippen LogP contribution in [-0.2, 0) is 4.74 Å². The van der Waals surface area contributed by atoms with Crippen LogP contribution in [-0.4, -0.2) is 56.4 Å². The van der Waals surface area contributed by atoms with Crippen LogP contribution in [0, 0.1) is 0 Å². The second-order valence-electron chi connectivity index (χ2n) is 5.45. The quantitative estimate of drug-likeness (QED) is 0.741. The Hall–Kier alpha value is -0.810. The number of ether oxygens (including phenoxy) is 1. The van der Waals surface area contributed by atoms with E-state index in [1.54, 1.807) is 0 Å². The SMILES string of the molecule is O=C(NCCCOC1CCNCC1)N1CCCCC1. The summed E-state index contributed by atoms with van der Waals surface area (Å²) in [5.41, 5.74) is 0. The van der Waals surface area contributed by atoms with Crippen molar-refractivity contribution in [2.24, 2.45) is 0 Å². The number of hydrogen-bond acceptors (Lipinski definition) is 3. The summed E-state index contributed by atoms with van der Waals surface area (Å²) in [6.07, 6.45) is 7.09. The zero-order valence-corrected chi connectivity index (χ0v) is 11.8. The standard InChI is InChI=1S/C14H27N3O2/c18-14(17-10-2-1-3-11-17)16-7-4-12-19-13-5-8-15-9-6-13/h13,15H,1-12H2,(H,16,18). The maximum Gasteiger partial charge on any atom is 0.317 e. The molecule has 2 amide bonds. The van der Waals surface area contributed by atoms with Gasteiger partial charge in [0.2, 0.25) is 0 Å². The molecule has 0 atom stereocenters. The third-order valence-electron chi connectivity index (χ3n) is 3.88. The number of nitrogens with one attached hydrogen (secondary N) is 2. The molecule has 5 nitrogen and oxygen atoms in total. The number of hydrogen-bond donors (Lipinski definition) is 2. The van der Waals surface area contributed by atoms with Gasteiger partial charge in [-0.2, -0.15) is 0 Å². The Kier molecular flexibility index (Phi) is 6.44. The maximum atomic E-state index is 11.8. The minimum Gasteiger partial charge on any atom is -0.378 e. The van der Waals surface area contributed by atoms with Crippen molar-refractivity contribution in [2.45, 2.75) is 44.6 Å². The molecule has 0 unspecified atom stereocenters. The zero-order valence-electron chi connectivity index (χ0n) is 11.8. The molecule has 19 heavy (non-hydrogen) atoms. The lowest BCUT2D eigenvalue weighted by atomic mass is 10.1. The number of rotatable bonds is 5. The Morgan fingerprint density at radius 1 is 1.21 bits per heavy atom. The summed E-state index contributed by atoms with van der Waals surface area (Å²) in [6.45, 7) is 5.44. The second kappa shape index (κ2) is 8.38. The second-order valence-corrected chi connectivity index (χ2v) is 5.45. The van der Waals surface area contributed by atoms with E-state index in [9.17, 15) is 4.79 Å². The number of carbonyl (C=O) groups excluding carboxylic acids is 1. The van der Waals surface area contributed by atoms with Crippen molar-refractivity contribution in [2.75, 3.05) is 39.3 Å². The summed E-state index contributed by atoms with van der Waals surface area (Å²) in [5, 5.41) is 6.31. The van der Waals surface area contributed by atoms with Gasteiger partial charge in [0.1, 0.15) is 0 Å². The molecule has 2 heterocycles. The Morgan fingerprint density at radius 2 is 1.95 bits per heavy atom. The summed E-state index contributed by atoms with van der Waals surface area (Å²) in [7, 11) is 0. The maximum absolute atomic E-state index is 11.8. The van der Waals surface area contributed by atoms with Gasteiger partial charge in [0.05, 0.1) is 6.10 Å². The lowest BCUT2D eigenvalue weighted by Gasteiger charge is -2.27. The summed E-state index contributed by atoms with van der Waals surface area (Å²) >= 11 is 0. The minimum atomic E-state index is 0.0987. The highest BCUT2D eigenvalue weighted by Gasteiger charge is 2.16. The molecule has 0 aromatic heterocycles. The van der Waals surface area contributed by atoms with Crippen LogP contribution in [0.2, 0.25) is 0 Å². The summed E-state index contributed by atoms with van der Waals surface area (Å²) in [4.78, 5) is 13.8. The third-order valence-corrected chi connectivity index (χ3v) is 3.88. The van der Waals surface area contributed by atoms with E-state index >= 15 is 0 Å². The van der Waals surface area contributed by atoms with Crippen molar-refractivity contribution >= 4 is 6.03 Å². The van der Waals surface area contributed by atoms with Crippen molar-refractivity contribution in [1.29, 1.82) is 0 Å². The number of carbonyl (C=O) groups is 1. The first-order chi connectivity index (χ1) is 9.36. The van der Waals surface area contributed by atoms with Gasteiger partial charge in [-0.25, -0.2) is 4.79 Å². The molecule has 5 heteroatoms. The van der Waals surface area contributed by atoms with E-state index in [0.29, 0.717) is 6.10 Å². The van der Waals surface area contributed by atoms with Crippen molar-refractivity contribution in [3.8, 4) is 0 Å². The fourth-order valence-corrected chi connectivity index (χ4v) is 2.69. The van der Waals surface area contributed by atoms with Crippen LogP contribution in [0.5, 0.6) is 0 Å². The van der Waals surface area contributed by atoms with Crippen LogP contribution in [0.15, 0.2) is 0 Å². The van der Waals surface area contributed by atoms with Gasteiger partial charge in [-0.1, -0.05) is 0 Å². The Labute approximate surface area is 116 Å². The largest absolute Gasteiger partial charge is 0.378 e. The fourth-order valence-electron chi connectivity index (χ4n) is 2.69. The molecule has 0 aromatic carbocycles. The van der Waals surface area contributed by atoms with Gasteiger partial charge < -0.3 is 20.3 Å². The molecule has 2 N–H and O–H groups in total. The van der Waals surface area contributed by atoms with Gasteiger partial charge in [0.25, 0.3) is 0 Å². The Balaban J connectivity index is 1.47. The highest BCUT2D eigenvalue weighted by Crippen LogP contribution is 2.09. The first-order valence-corrected chi connectivity index (χ1v) is 7.71. The molecule has 0 saturated carbocycles. The van der Waals surface area contributed by atoms with E-state index in [2.05, 4.69) is 10.6 Å². The van der Waals surface area contributed by atoms with Gasteiger partial charge in [-0.15, -0.1) is 0 Å². The molecule has 0 radical (unpaired) electrons. The zero-order chi connectivity index (χ0) is 13.3. The van der Waals surface area contributed by atoms with Crippen molar-refractivity contribution < 1.29 is 9.53 Å². The fraction of sp³-hybridized carbons (Fsp3) is 0.929. The molecule has 0 spiro atoms. The monoisotopic (exact) mass is 269 g/mol. The van der Waals surface area contributed by atoms with Gasteiger partial charge >= 0.3 is 6.03 Å². The lowest BCUT2D eigenvalue weighted by Crippen LogP contribution is -2.43. The summed E-state index contributed by atoms with van der Waals surface area (Å²) < 4.78 is 5.81. The van der Waals surface area contributed by atoms with E-state index in [1.807, 2.05) is 4.90 Å². The topological polar surface area (TPSA) is 53.6 Å². The first kappa shape index (κ1) is 14.6. The predicted molar refractivity (Wildman–Crippen MR) is 75.3 cm³/mol. The molecule has 0 aliphatic carbocycles. The number of amides is 2. The normalized spacial score (nSPS) is 21.4. The van der Waals surface area contributed by atoms with Crippen molar-refractivity contribution in [3.63, 3.8) is 0 Å². The predicted octanol–water partition coefficient (Wildman–Crippen LogP) is 1.34. The van der Waals surface area contributed by atoms with Crippen LogP contribution >= 0.6 is 0 Å². The smallest absolute Gasteiger partial charge is 0.317 e. The molecule has 2 fully saturated rings. The highest BCUT2D eigenvalue weighted by molar-refractivity contribution is 5.74. The molecule has 2 aliphatic rings. The van der Waals surface area contributed by atoms with Crippen molar-refractivity contribution in [3.05, 3.63) is 0 Å². The molecule has 110 valence electrons. The number of urea groups is 1. The number of likely N-dealkylation sites (tertiary alicyclic amines) is 1. The van der Waals surface area contributed by atoms with Crippen molar-refractivity contribution in [1.82, 2.24) is 15.5 Å². The summed E-state index contributed by atoms with van der Waals surface area (Å²) in [5.74, 6) is 0. The average Bonchev–Trinajstić information content (AvgIpc) is 2.49.